The molecule has 0 unspecified atom stereocenters. The molecule has 0 saturated heterocycles. The molecule has 1 aromatic rings. The van der Waals surface area contributed by atoms with E-state index in [0.717, 1.165) is 25.2 Å². The van der Waals surface area contributed by atoms with E-state index in [-0.39, 0.29) is 22.8 Å². The first kappa shape index (κ1) is 16.4. The van der Waals surface area contributed by atoms with Gasteiger partial charge < -0.3 is 15.2 Å². The van der Waals surface area contributed by atoms with Gasteiger partial charge in [-0.05, 0) is 37.0 Å². The van der Waals surface area contributed by atoms with Crippen molar-refractivity contribution in [1.82, 2.24) is 0 Å². The molecule has 7 nitrogen and oxygen atoms in total. The Kier molecular flexibility index (Phi) is 4.82. The Labute approximate surface area is 128 Å². The zero-order chi connectivity index (χ0) is 16.3. The van der Waals surface area contributed by atoms with Crippen molar-refractivity contribution >= 4 is 27.4 Å². The highest BCUT2D eigenvalue weighted by atomic mass is 32.2. The minimum Gasteiger partial charge on any atom is -0.478 e. The smallest absolute Gasteiger partial charge is 0.335 e. The van der Waals surface area contributed by atoms with Crippen molar-refractivity contribution in [2.24, 2.45) is 5.92 Å². The van der Waals surface area contributed by atoms with E-state index in [1.807, 2.05) is 0 Å². The van der Waals surface area contributed by atoms with Gasteiger partial charge in [-0.2, -0.15) is 0 Å². The van der Waals surface area contributed by atoms with Crippen LogP contribution >= 0.6 is 0 Å². The van der Waals surface area contributed by atoms with Crippen molar-refractivity contribution in [2.45, 2.75) is 17.7 Å². The number of carboxylic acid groups (broad SMARTS) is 1. The van der Waals surface area contributed by atoms with Crippen molar-refractivity contribution in [3.8, 4) is 0 Å². The van der Waals surface area contributed by atoms with Crippen molar-refractivity contribution in [3.05, 3.63) is 23.8 Å². The fraction of sp³-hybridized carbons (Fsp3) is 0.429. The van der Waals surface area contributed by atoms with Crippen LogP contribution in [-0.2, 0) is 19.4 Å². The van der Waals surface area contributed by atoms with E-state index in [2.05, 4.69) is 5.32 Å². The Bertz CT molecular complexity index is 693. The fourth-order valence-corrected chi connectivity index (χ4v) is 2.49. The van der Waals surface area contributed by atoms with Gasteiger partial charge >= 0.3 is 5.97 Å². The monoisotopic (exact) mass is 327 g/mol. The predicted octanol–water partition coefficient (Wildman–Crippen LogP) is 1.15. The lowest BCUT2D eigenvalue weighted by Gasteiger charge is -2.09. The van der Waals surface area contributed by atoms with Gasteiger partial charge in [0, 0.05) is 11.9 Å². The number of nitrogens with one attached hydrogen (secondary N) is 1. The molecule has 0 spiro atoms. The number of carbonyl (C=O) groups is 2. The molecule has 1 aliphatic rings. The molecule has 0 bridgehead atoms. The van der Waals surface area contributed by atoms with Crippen LogP contribution in [0.5, 0.6) is 0 Å². The third-order valence-corrected chi connectivity index (χ3v) is 4.24. The zero-order valence-electron chi connectivity index (χ0n) is 12.0. The van der Waals surface area contributed by atoms with Crippen molar-refractivity contribution in [3.63, 3.8) is 0 Å². The van der Waals surface area contributed by atoms with Crippen LogP contribution in [0.1, 0.15) is 23.2 Å². The first-order chi connectivity index (χ1) is 10.3. The van der Waals surface area contributed by atoms with Crippen LogP contribution < -0.4 is 5.32 Å². The molecule has 1 aliphatic carbocycles. The number of ether oxygens (including phenoxy) is 1. The number of carbonyl (C=O) groups excluding carboxylic acids is 1. The molecule has 1 amide bonds. The lowest BCUT2D eigenvalue weighted by Crippen LogP contribution is -2.19. The number of benzene rings is 1. The van der Waals surface area contributed by atoms with Crippen LogP contribution in [0.4, 0.5) is 5.69 Å². The Balaban J connectivity index is 2.09. The normalized spacial score (nSPS) is 14.6. The lowest BCUT2D eigenvalue weighted by atomic mass is 10.2. The van der Waals surface area contributed by atoms with E-state index in [4.69, 9.17) is 9.84 Å². The van der Waals surface area contributed by atoms with E-state index in [1.54, 1.807) is 0 Å². The minimum atomic E-state index is -3.58. The molecular formula is C14H17NO6S. The van der Waals surface area contributed by atoms with E-state index >= 15 is 0 Å². The molecule has 0 aliphatic heterocycles. The first-order valence-corrected chi connectivity index (χ1v) is 8.61. The number of sulfone groups is 1. The summed E-state index contributed by atoms with van der Waals surface area (Å²) in [6.45, 7) is 0.374. The second-order valence-electron chi connectivity index (χ2n) is 5.33. The topological polar surface area (TPSA) is 110 Å². The van der Waals surface area contributed by atoms with E-state index in [1.165, 1.54) is 12.1 Å². The number of rotatable bonds is 7. The molecule has 0 atom stereocenters. The average Bonchev–Trinajstić information content (AvgIpc) is 3.21. The molecule has 0 heterocycles. The van der Waals surface area contributed by atoms with Gasteiger partial charge in [0.15, 0.2) is 9.84 Å². The van der Waals surface area contributed by atoms with Crippen LogP contribution in [0.15, 0.2) is 23.1 Å². The molecule has 1 fully saturated rings. The molecule has 120 valence electrons. The van der Waals surface area contributed by atoms with Gasteiger partial charge in [0.05, 0.1) is 17.1 Å². The van der Waals surface area contributed by atoms with Crippen molar-refractivity contribution in [2.75, 3.05) is 24.8 Å². The summed E-state index contributed by atoms with van der Waals surface area (Å²) in [5, 5.41) is 11.5. The van der Waals surface area contributed by atoms with Crippen molar-refractivity contribution in [1.29, 1.82) is 0 Å². The van der Waals surface area contributed by atoms with Crippen molar-refractivity contribution < 1.29 is 27.9 Å². The maximum atomic E-state index is 11.7. The molecule has 1 saturated carbocycles. The number of amides is 1. The molecule has 2 rings (SSSR count). The van der Waals surface area contributed by atoms with Gasteiger partial charge in [-0.25, -0.2) is 13.2 Å². The maximum absolute atomic E-state index is 11.7. The third-order valence-electron chi connectivity index (χ3n) is 3.15. The summed E-state index contributed by atoms with van der Waals surface area (Å²) in [4.78, 5) is 22.6. The highest BCUT2D eigenvalue weighted by Crippen LogP contribution is 2.28. The number of carboxylic acids is 1. The van der Waals surface area contributed by atoms with Gasteiger partial charge in [0.1, 0.15) is 6.61 Å². The highest BCUT2D eigenvalue weighted by Gasteiger charge is 2.21. The zero-order valence-corrected chi connectivity index (χ0v) is 12.9. The van der Waals surface area contributed by atoms with Crippen LogP contribution in [0, 0.1) is 5.92 Å². The Hall–Kier alpha value is -1.93. The quantitative estimate of drug-likeness (QED) is 0.777. The number of aromatic carboxylic acids is 1. The molecule has 0 radical (unpaired) electrons. The Morgan fingerprint density at radius 3 is 2.55 bits per heavy atom. The van der Waals surface area contributed by atoms with E-state index in [9.17, 15) is 18.0 Å². The van der Waals surface area contributed by atoms with Gasteiger partial charge in [-0.1, -0.05) is 0 Å². The summed E-state index contributed by atoms with van der Waals surface area (Å²) in [5.41, 5.74) is -0.0996. The minimum absolute atomic E-state index is 0.111. The molecule has 22 heavy (non-hydrogen) atoms. The molecule has 0 aromatic heterocycles. The second-order valence-corrected chi connectivity index (χ2v) is 7.35. The summed E-state index contributed by atoms with van der Waals surface area (Å²) in [6.07, 6.45) is 3.19. The SMILES string of the molecule is CS(=O)(=O)c1cc(NC(=O)COCC2CC2)cc(C(=O)O)c1. The largest absolute Gasteiger partial charge is 0.478 e. The summed E-state index contributed by atoms with van der Waals surface area (Å²) in [7, 11) is -3.58. The van der Waals surface area contributed by atoms with E-state index in [0.29, 0.717) is 12.5 Å². The Morgan fingerprint density at radius 1 is 1.32 bits per heavy atom. The molecule has 1 aromatic carbocycles. The summed E-state index contributed by atoms with van der Waals surface area (Å²) >= 11 is 0. The number of anilines is 1. The van der Waals surface area contributed by atoms with Gasteiger partial charge in [-0.15, -0.1) is 0 Å². The fourth-order valence-electron chi connectivity index (χ4n) is 1.81. The van der Waals surface area contributed by atoms with Crippen LogP contribution in [0.25, 0.3) is 0 Å². The molecular weight excluding hydrogens is 310 g/mol. The van der Waals surface area contributed by atoms with Crippen LogP contribution in [-0.4, -0.2) is 44.9 Å². The van der Waals surface area contributed by atoms with Crippen LogP contribution in [0.3, 0.4) is 0 Å². The molecule has 2 N–H and O–H groups in total. The number of hydrogen-bond acceptors (Lipinski definition) is 5. The van der Waals surface area contributed by atoms with Crippen LogP contribution in [0.2, 0.25) is 0 Å². The average molecular weight is 327 g/mol. The van der Waals surface area contributed by atoms with Gasteiger partial charge in [-0.3, -0.25) is 4.79 Å². The van der Waals surface area contributed by atoms with Gasteiger partial charge in [0.2, 0.25) is 5.91 Å². The lowest BCUT2D eigenvalue weighted by molar-refractivity contribution is -0.120. The summed E-state index contributed by atoms with van der Waals surface area (Å²) in [5.74, 6) is -1.20. The standard InChI is InChI=1S/C14H17NO6S/c1-22(19,20)12-5-10(14(17)18)4-11(6-12)15-13(16)8-21-7-9-2-3-9/h4-6,9H,2-3,7-8H2,1H3,(H,15,16)(H,17,18). The first-order valence-electron chi connectivity index (χ1n) is 6.72. The third kappa shape index (κ3) is 4.81. The van der Waals surface area contributed by atoms with E-state index < -0.39 is 21.7 Å². The van der Waals surface area contributed by atoms with Gasteiger partial charge in [0.25, 0.3) is 0 Å². The summed E-state index contributed by atoms with van der Waals surface area (Å²) < 4.78 is 28.4. The summed E-state index contributed by atoms with van der Waals surface area (Å²) in [6, 6.07) is 3.48. The molecule has 8 heteroatoms. The highest BCUT2D eigenvalue weighted by molar-refractivity contribution is 7.90. The Morgan fingerprint density at radius 2 is 2.00 bits per heavy atom. The second kappa shape index (κ2) is 6.45. The number of hydrogen-bond donors (Lipinski definition) is 2. The maximum Gasteiger partial charge on any atom is 0.335 e. The predicted molar refractivity (Wildman–Crippen MR) is 78.7 cm³/mol.